The third-order valence-corrected chi connectivity index (χ3v) is 4.35. The average molecular weight is 306 g/mol. The first-order chi connectivity index (χ1) is 10.1. The molecule has 0 unspecified atom stereocenters. The minimum Gasteiger partial charge on any atom is -0.395 e. The van der Waals surface area contributed by atoms with Gasteiger partial charge in [0.05, 0.1) is 6.07 Å². The van der Waals surface area contributed by atoms with Crippen molar-refractivity contribution in [2.75, 3.05) is 6.54 Å². The Labute approximate surface area is 125 Å². The predicted octanol–water partition coefficient (Wildman–Crippen LogP) is 3.10. The zero-order valence-corrected chi connectivity index (χ0v) is 12.0. The smallest absolute Gasteiger partial charge is 0.395 e. The first-order valence-electron chi connectivity index (χ1n) is 6.73. The zero-order chi connectivity index (χ0) is 14.8. The number of carbonyl (C=O) groups excluding carboxylic acids is 1. The summed E-state index contributed by atoms with van der Waals surface area (Å²) in [4.78, 5) is 25.4. The molecule has 3 rings (SSSR count). The molecule has 0 aliphatic heterocycles. The Balaban J connectivity index is 1.70. The summed E-state index contributed by atoms with van der Waals surface area (Å²) >= 11 is 1.66. The Morgan fingerprint density at radius 3 is 2.81 bits per heavy atom. The van der Waals surface area contributed by atoms with Crippen LogP contribution in [-0.2, 0) is 6.42 Å². The summed E-state index contributed by atoms with van der Waals surface area (Å²) in [5.74, 6) is -0.616. The van der Waals surface area contributed by atoms with Crippen molar-refractivity contribution in [3.8, 4) is 0 Å². The Morgan fingerprint density at radius 1 is 1.43 bits per heavy atom. The van der Waals surface area contributed by atoms with Crippen LogP contribution in [-0.4, -0.2) is 28.3 Å². The fraction of sp³-hybridized carbons (Fsp3) is 0.357. The van der Waals surface area contributed by atoms with Crippen LogP contribution < -0.4 is 0 Å². The number of carbonyl (C=O) groups is 1. The van der Waals surface area contributed by atoms with E-state index >= 15 is 0 Å². The second kappa shape index (κ2) is 5.69. The maximum atomic E-state index is 12.4. The molecule has 2 aromatic rings. The van der Waals surface area contributed by atoms with E-state index in [2.05, 4.69) is 0 Å². The molecule has 1 saturated carbocycles. The molecule has 110 valence electrons. The molecule has 7 heteroatoms. The third kappa shape index (κ3) is 3.13. The number of amides is 1. The Kier molecular flexibility index (Phi) is 3.74. The van der Waals surface area contributed by atoms with Crippen molar-refractivity contribution in [3.05, 3.63) is 50.4 Å². The van der Waals surface area contributed by atoms with E-state index in [1.807, 2.05) is 17.5 Å². The van der Waals surface area contributed by atoms with Crippen LogP contribution in [0, 0.1) is 10.1 Å². The van der Waals surface area contributed by atoms with Gasteiger partial charge in [0.1, 0.15) is 4.92 Å². The lowest BCUT2D eigenvalue weighted by atomic mass is 10.3. The van der Waals surface area contributed by atoms with E-state index in [4.69, 9.17) is 4.42 Å². The van der Waals surface area contributed by atoms with Gasteiger partial charge in [-0.2, -0.15) is 0 Å². The van der Waals surface area contributed by atoms with Crippen molar-refractivity contribution in [3.63, 3.8) is 0 Å². The summed E-state index contributed by atoms with van der Waals surface area (Å²) < 4.78 is 5.02. The fourth-order valence-electron chi connectivity index (χ4n) is 2.20. The molecular weight excluding hydrogens is 292 g/mol. The van der Waals surface area contributed by atoms with Crippen molar-refractivity contribution in [1.29, 1.82) is 0 Å². The van der Waals surface area contributed by atoms with E-state index in [9.17, 15) is 14.9 Å². The molecule has 21 heavy (non-hydrogen) atoms. The maximum Gasteiger partial charge on any atom is 0.433 e. The molecule has 0 atom stereocenters. The Bertz CT molecular complexity index is 646. The number of furan rings is 1. The summed E-state index contributed by atoms with van der Waals surface area (Å²) in [5, 5.41) is 12.6. The molecule has 6 nitrogen and oxygen atoms in total. The summed E-state index contributed by atoms with van der Waals surface area (Å²) in [7, 11) is 0. The lowest BCUT2D eigenvalue weighted by molar-refractivity contribution is -0.402. The number of rotatable bonds is 6. The van der Waals surface area contributed by atoms with Gasteiger partial charge in [0, 0.05) is 17.5 Å². The predicted molar refractivity (Wildman–Crippen MR) is 77.4 cm³/mol. The van der Waals surface area contributed by atoms with E-state index in [0.29, 0.717) is 6.54 Å². The van der Waals surface area contributed by atoms with E-state index in [-0.39, 0.29) is 17.7 Å². The van der Waals surface area contributed by atoms with Gasteiger partial charge in [0.2, 0.25) is 0 Å². The highest BCUT2D eigenvalue weighted by Gasteiger charge is 2.34. The lowest BCUT2D eigenvalue weighted by Crippen LogP contribution is -2.34. The number of nitro groups is 1. The molecule has 2 heterocycles. The SMILES string of the molecule is O=C(c1ccc([N+](=O)[O-])o1)N(CCc1cccs1)C1CC1. The van der Waals surface area contributed by atoms with Crippen molar-refractivity contribution in [2.45, 2.75) is 25.3 Å². The van der Waals surface area contributed by atoms with Crippen LogP contribution in [0.3, 0.4) is 0 Å². The van der Waals surface area contributed by atoms with Crippen LogP contribution in [0.25, 0.3) is 0 Å². The van der Waals surface area contributed by atoms with Crippen LogP contribution in [0.1, 0.15) is 28.3 Å². The van der Waals surface area contributed by atoms with Crippen molar-refractivity contribution >= 4 is 23.1 Å². The van der Waals surface area contributed by atoms with Crippen LogP contribution in [0.15, 0.2) is 34.1 Å². The molecule has 0 aromatic carbocycles. The molecular formula is C14H14N2O4S. The van der Waals surface area contributed by atoms with Gasteiger partial charge in [-0.1, -0.05) is 6.07 Å². The normalized spacial score (nSPS) is 14.1. The second-order valence-corrected chi connectivity index (χ2v) is 5.99. The van der Waals surface area contributed by atoms with Crippen LogP contribution in [0.2, 0.25) is 0 Å². The minimum absolute atomic E-state index is 0.0415. The van der Waals surface area contributed by atoms with Crippen LogP contribution >= 0.6 is 11.3 Å². The minimum atomic E-state index is -0.635. The molecule has 1 fully saturated rings. The topological polar surface area (TPSA) is 76.6 Å². The van der Waals surface area contributed by atoms with Gasteiger partial charge in [-0.15, -0.1) is 11.3 Å². The molecule has 0 spiro atoms. The fourth-order valence-corrected chi connectivity index (χ4v) is 2.90. The number of hydrogen-bond acceptors (Lipinski definition) is 5. The van der Waals surface area contributed by atoms with Gasteiger partial charge >= 0.3 is 5.88 Å². The van der Waals surface area contributed by atoms with E-state index in [1.54, 1.807) is 16.2 Å². The quantitative estimate of drug-likeness (QED) is 0.607. The van der Waals surface area contributed by atoms with Crippen molar-refractivity contribution in [2.24, 2.45) is 0 Å². The molecule has 0 bridgehead atoms. The largest absolute Gasteiger partial charge is 0.433 e. The molecule has 0 radical (unpaired) electrons. The summed E-state index contributed by atoms with van der Waals surface area (Å²) in [6, 6.07) is 6.86. The highest BCUT2D eigenvalue weighted by Crippen LogP contribution is 2.29. The Hall–Kier alpha value is -2.15. The van der Waals surface area contributed by atoms with Crippen LogP contribution in [0.5, 0.6) is 0 Å². The van der Waals surface area contributed by atoms with Crippen molar-refractivity contribution < 1.29 is 14.1 Å². The molecule has 1 amide bonds. The number of thiophene rings is 1. The molecule has 2 aromatic heterocycles. The maximum absolute atomic E-state index is 12.4. The summed E-state index contributed by atoms with van der Waals surface area (Å²) in [5.41, 5.74) is 0. The Morgan fingerprint density at radius 2 is 2.24 bits per heavy atom. The monoisotopic (exact) mass is 306 g/mol. The average Bonchev–Trinajstić information content (AvgIpc) is 2.97. The van der Waals surface area contributed by atoms with E-state index < -0.39 is 10.8 Å². The second-order valence-electron chi connectivity index (χ2n) is 4.95. The number of nitrogens with zero attached hydrogens (tertiary/aromatic N) is 2. The molecule has 1 aliphatic rings. The van der Waals surface area contributed by atoms with Gasteiger partial charge in [-0.05, 0) is 36.8 Å². The van der Waals surface area contributed by atoms with Gasteiger partial charge in [-0.3, -0.25) is 14.9 Å². The summed E-state index contributed by atoms with van der Waals surface area (Å²) in [6.45, 7) is 0.610. The van der Waals surface area contributed by atoms with E-state index in [0.717, 1.165) is 19.3 Å². The first kappa shape index (κ1) is 13.8. The highest BCUT2D eigenvalue weighted by atomic mass is 32.1. The summed E-state index contributed by atoms with van der Waals surface area (Å²) in [6.07, 6.45) is 2.76. The van der Waals surface area contributed by atoms with Gasteiger partial charge in [0.15, 0.2) is 5.76 Å². The van der Waals surface area contributed by atoms with Gasteiger partial charge in [0.25, 0.3) is 5.91 Å². The third-order valence-electron chi connectivity index (χ3n) is 3.41. The van der Waals surface area contributed by atoms with Crippen LogP contribution in [0.4, 0.5) is 5.88 Å². The van der Waals surface area contributed by atoms with E-state index in [1.165, 1.54) is 17.0 Å². The number of hydrogen-bond donors (Lipinski definition) is 0. The van der Waals surface area contributed by atoms with Gasteiger partial charge < -0.3 is 9.32 Å². The lowest BCUT2D eigenvalue weighted by Gasteiger charge is -2.20. The molecule has 0 saturated heterocycles. The standard InChI is InChI=1S/C14H14N2O4S/c17-14(12-5-6-13(20-12)16(18)19)15(10-3-4-10)8-7-11-2-1-9-21-11/h1-2,5-6,9-10H,3-4,7-8H2. The first-order valence-corrected chi connectivity index (χ1v) is 7.60. The zero-order valence-electron chi connectivity index (χ0n) is 11.2. The molecule has 1 aliphatic carbocycles. The highest BCUT2D eigenvalue weighted by molar-refractivity contribution is 7.09. The molecule has 0 N–H and O–H groups in total. The van der Waals surface area contributed by atoms with Crippen molar-refractivity contribution in [1.82, 2.24) is 4.90 Å². The van der Waals surface area contributed by atoms with Gasteiger partial charge in [-0.25, -0.2) is 0 Å².